The highest BCUT2D eigenvalue weighted by molar-refractivity contribution is 6.29. The second-order valence-electron chi connectivity index (χ2n) is 4.22. The Bertz CT molecular complexity index is 388. The molecule has 0 bridgehead atoms. The minimum absolute atomic E-state index is 0.0381. The van der Waals surface area contributed by atoms with Crippen LogP contribution in [0.3, 0.4) is 0 Å². The van der Waals surface area contributed by atoms with Gasteiger partial charge in [-0.05, 0) is 25.0 Å². The van der Waals surface area contributed by atoms with Gasteiger partial charge >= 0.3 is 0 Å². The van der Waals surface area contributed by atoms with E-state index < -0.39 is 0 Å². The van der Waals surface area contributed by atoms with Crippen molar-refractivity contribution in [3.05, 3.63) is 29.0 Å². The molecule has 0 aliphatic heterocycles. The third-order valence-corrected chi connectivity index (χ3v) is 3.37. The third-order valence-electron chi connectivity index (χ3n) is 3.17. The van der Waals surface area contributed by atoms with E-state index in [9.17, 15) is 4.79 Å². The van der Waals surface area contributed by atoms with Gasteiger partial charge in [-0.3, -0.25) is 4.79 Å². The molecule has 1 aromatic rings. The highest BCUT2D eigenvalue weighted by atomic mass is 35.5. The van der Waals surface area contributed by atoms with Gasteiger partial charge in [0.2, 0.25) is 0 Å². The summed E-state index contributed by atoms with van der Waals surface area (Å²) in [5.41, 5.74) is 0.620. The summed E-state index contributed by atoms with van der Waals surface area (Å²) in [7, 11) is 1.87. The molecular formula is C12H15ClN2O. The number of hydrogen-bond acceptors (Lipinski definition) is 2. The van der Waals surface area contributed by atoms with Crippen molar-refractivity contribution in [1.29, 1.82) is 0 Å². The van der Waals surface area contributed by atoms with Crippen LogP contribution in [0.2, 0.25) is 5.15 Å². The molecule has 0 N–H and O–H groups in total. The van der Waals surface area contributed by atoms with Crippen LogP contribution >= 0.6 is 11.6 Å². The predicted molar refractivity (Wildman–Crippen MR) is 63.6 cm³/mol. The number of carbonyl (C=O) groups excluding carboxylic acids is 1. The average molecular weight is 239 g/mol. The van der Waals surface area contributed by atoms with E-state index in [0.29, 0.717) is 16.8 Å². The van der Waals surface area contributed by atoms with E-state index in [2.05, 4.69) is 4.98 Å². The zero-order valence-electron chi connectivity index (χ0n) is 9.32. The highest BCUT2D eigenvalue weighted by Gasteiger charge is 2.24. The molecule has 0 atom stereocenters. The molecule has 0 spiro atoms. The topological polar surface area (TPSA) is 33.2 Å². The van der Waals surface area contributed by atoms with Crippen molar-refractivity contribution in [2.24, 2.45) is 0 Å². The van der Waals surface area contributed by atoms with Gasteiger partial charge in [0.05, 0.1) is 0 Å². The molecular weight excluding hydrogens is 224 g/mol. The lowest BCUT2D eigenvalue weighted by Crippen LogP contribution is -2.35. The smallest absolute Gasteiger partial charge is 0.254 e. The lowest BCUT2D eigenvalue weighted by molar-refractivity contribution is 0.0735. The van der Waals surface area contributed by atoms with E-state index in [4.69, 9.17) is 11.6 Å². The van der Waals surface area contributed by atoms with E-state index in [1.54, 1.807) is 18.3 Å². The fourth-order valence-corrected chi connectivity index (χ4v) is 2.37. The normalized spacial score (nSPS) is 16.4. The number of carbonyl (C=O) groups is 1. The molecule has 4 heteroatoms. The van der Waals surface area contributed by atoms with Crippen LogP contribution in [0.15, 0.2) is 18.3 Å². The van der Waals surface area contributed by atoms with Crippen LogP contribution in [0.1, 0.15) is 36.0 Å². The first-order valence-electron chi connectivity index (χ1n) is 5.57. The van der Waals surface area contributed by atoms with E-state index in [-0.39, 0.29) is 5.91 Å². The molecule has 1 amide bonds. The summed E-state index contributed by atoms with van der Waals surface area (Å²) in [6.45, 7) is 0. The molecule has 1 aliphatic rings. The Morgan fingerprint density at radius 2 is 2.19 bits per heavy atom. The molecule has 0 unspecified atom stereocenters. The monoisotopic (exact) mass is 238 g/mol. The van der Waals surface area contributed by atoms with Crippen LogP contribution in [-0.4, -0.2) is 28.9 Å². The van der Waals surface area contributed by atoms with E-state index in [1.165, 1.54) is 12.8 Å². The molecule has 1 fully saturated rings. The summed E-state index contributed by atoms with van der Waals surface area (Å²) in [6.07, 6.45) is 6.24. The zero-order valence-corrected chi connectivity index (χ0v) is 10.1. The third kappa shape index (κ3) is 2.35. The van der Waals surface area contributed by atoms with Crippen molar-refractivity contribution >= 4 is 17.5 Å². The summed E-state index contributed by atoms with van der Waals surface area (Å²) < 4.78 is 0. The van der Waals surface area contributed by atoms with Gasteiger partial charge in [0.15, 0.2) is 0 Å². The number of hydrogen-bond donors (Lipinski definition) is 0. The van der Waals surface area contributed by atoms with Crippen LogP contribution in [0, 0.1) is 0 Å². The van der Waals surface area contributed by atoms with Crippen LogP contribution in [0.4, 0.5) is 0 Å². The van der Waals surface area contributed by atoms with Gasteiger partial charge in [0, 0.05) is 24.8 Å². The fraction of sp³-hybridized carbons (Fsp3) is 0.500. The second kappa shape index (κ2) is 4.83. The van der Waals surface area contributed by atoms with E-state index in [1.807, 2.05) is 11.9 Å². The van der Waals surface area contributed by atoms with E-state index in [0.717, 1.165) is 12.8 Å². The Morgan fingerprint density at radius 3 is 2.81 bits per heavy atom. The lowest BCUT2D eigenvalue weighted by Gasteiger charge is -2.24. The van der Waals surface area contributed by atoms with Crippen molar-refractivity contribution in [3.63, 3.8) is 0 Å². The maximum atomic E-state index is 12.1. The summed E-state index contributed by atoms with van der Waals surface area (Å²) in [5.74, 6) is 0.0381. The molecule has 1 aliphatic carbocycles. The summed E-state index contributed by atoms with van der Waals surface area (Å²) in [4.78, 5) is 17.8. The molecule has 16 heavy (non-hydrogen) atoms. The highest BCUT2D eigenvalue weighted by Crippen LogP contribution is 2.23. The number of halogens is 1. The number of aromatic nitrogens is 1. The van der Waals surface area contributed by atoms with Crippen molar-refractivity contribution in [2.75, 3.05) is 7.05 Å². The maximum Gasteiger partial charge on any atom is 0.254 e. The Balaban J connectivity index is 2.12. The van der Waals surface area contributed by atoms with Gasteiger partial charge < -0.3 is 4.90 Å². The Labute approximate surface area is 100 Å². The van der Waals surface area contributed by atoms with Gasteiger partial charge in [-0.2, -0.15) is 0 Å². The Hall–Kier alpha value is -1.09. The zero-order chi connectivity index (χ0) is 11.5. The van der Waals surface area contributed by atoms with Gasteiger partial charge in [0.25, 0.3) is 5.91 Å². The average Bonchev–Trinajstić information content (AvgIpc) is 2.80. The van der Waals surface area contributed by atoms with Gasteiger partial charge in [0.1, 0.15) is 5.15 Å². The van der Waals surface area contributed by atoms with Gasteiger partial charge in [-0.1, -0.05) is 24.4 Å². The number of pyridine rings is 1. The van der Waals surface area contributed by atoms with Crippen molar-refractivity contribution in [3.8, 4) is 0 Å². The number of rotatable bonds is 2. The largest absolute Gasteiger partial charge is 0.339 e. The van der Waals surface area contributed by atoms with Crippen molar-refractivity contribution in [2.45, 2.75) is 31.7 Å². The minimum atomic E-state index is 0.0381. The molecule has 0 aromatic carbocycles. The Morgan fingerprint density at radius 1 is 1.50 bits per heavy atom. The molecule has 3 nitrogen and oxygen atoms in total. The standard InChI is InChI=1S/C12H15ClN2O/c1-15(10-4-2-3-5-10)12(16)9-6-7-14-11(13)8-9/h6-8,10H,2-5H2,1H3. The van der Waals surface area contributed by atoms with Crippen LogP contribution in [0.25, 0.3) is 0 Å². The Kier molecular flexibility index (Phi) is 3.44. The van der Waals surface area contributed by atoms with Gasteiger partial charge in [-0.15, -0.1) is 0 Å². The van der Waals surface area contributed by atoms with Gasteiger partial charge in [-0.25, -0.2) is 4.98 Å². The molecule has 1 heterocycles. The van der Waals surface area contributed by atoms with E-state index >= 15 is 0 Å². The maximum absolute atomic E-state index is 12.1. The summed E-state index contributed by atoms with van der Waals surface area (Å²) in [6, 6.07) is 3.72. The second-order valence-corrected chi connectivity index (χ2v) is 4.61. The number of nitrogens with zero attached hydrogens (tertiary/aromatic N) is 2. The summed E-state index contributed by atoms with van der Waals surface area (Å²) in [5, 5.41) is 0.366. The molecule has 2 rings (SSSR count). The molecule has 0 radical (unpaired) electrons. The molecule has 1 aromatic heterocycles. The first-order chi connectivity index (χ1) is 7.68. The van der Waals surface area contributed by atoms with Crippen molar-refractivity contribution in [1.82, 2.24) is 9.88 Å². The first-order valence-corrected chi connectivity index (χ1v) is 5.95. The molecule has 1 saturated carbocycles. The quantitative estimate of drug-likeness (QED) is 0.743. The predicted octanol–water partition coefficient (Wildman–Crippen LogP) is 2.75. The van der Waals surface area contributed by atoms with Crippen LogP contribution in [-0.2, 0) is 0 Å². The first kappa shape index (κ1) is 11.4. The minimum Gasteiger partial charge on any atom is -0.339 e. The fourth-order valence-electron chi connectivity index (χ4n) is 2.20. The lowest BCUT2D eigenvalue weighted by atomic mass is 10.2. The van der Waals surface area contributed by atoms with Crippen LogP contribution < -0.4 is 0 Å². The summed E-state index contributed by atoms with van der Waals surface area (Å²) >= 11 is 5.77. The molecule has 86 valence electrons. The number of amides is 1. The molecule has 0 saturated heterocycles. The van der Waals surface area contributed by atoms with Crippen LogP contribution in [0.5, 0.6) is 0 Å². The SMILES string of the molecule is CN(C(=O)c1ccnc(Cl)c1)C1CCCC1. The van der Waals surface area contributed by atoms with Crippen molar-refractivity contribution < 1.29 is 4.79 Å².